The van der Waals surface area contributed by atoms with E-state index in [1.54, 1.807) is 6.20 Å². The zero-order valence-corrected chi connectivity index (χ0v) is 10.7. The second-order valence-electron chi connectivity index (χ2n) is 3.22. The fraction of sp³-hybridized carbons (Fsp3) is 0.200. The first-order chi connectivity index (χ1) is 8.04. The van der Waals surface area contributed by atoms with E-state index in [0.717, 1.165) is 28.3 Å². The molecule has 0 aliphatic heterocycles. The van der Waals surface area contributed by atoms with Crippen LogP contribution in [0.1, 0.15) is 5.69 Å². The van der Waals surface area contributed by atoms with E-state index >= 15 is 0 Å². The van der Waals surface area contributed by atoms with Crippen LogP contribution in [-0.4, -0.2) is 19.1 Å². The van der Waals surface area contributed by atoms with Crippen LogP contribution in [0.5, 0.6) is 0 Å². The second-order valence-corrected chi connectivity index (χ2v) is 4.48. The molecule has 1 aromatic carbocycles. The maximum Gasteiger partial charge on any atom is 0.408 e. The van der Waals surface area contributed by atoms with Crippen LogP contribution < -0.4 is 0 Å². The average molecular weight is 351 g/mol. The number of rotatable bonds is 4. The zero-order chi connectivity index (χ0) is 12.3. The Bertz CT molecular complexity index is 484. The van der Waals surface area contributed by atoms with Crippen LogP contribution in [0.25, 0.3) is 5.69 Å². The first kappa shape index (κ1) is 12.4. The standard InChI is InChI=1S/C10H8F2IN3O/c11-10(12,13)17-7-8-6-16(15-14-8)9-4-2-1-3-5-9/h1-6H,7H2. The summed E-state index contributed by atoms with van der Waals surface area (Å²) in [6, 6.07) is 9.26. The topological polar surface area (TPSA) is 39.9 Å². The monoisotopic (exact) mass is 351 g/mol. The molecule has 0 N–H and O–H groups in total. The van der Waals surface area contributed by atoms with Crippen molar-refractivity contribution in [3.05, 3.63) is 42.2 Å². The molecule has 1 heterocycles. The third-order valence-electron chi connectivity index (χ3n) is 1.95. The molecule has 0 fully saturated rings. The summed E-state index contributed by atoms with van der Waals surface area (Å²) in [5.41, 5.74) is 1.16. The van der Waals surface area contributed by atoms with Crippen molar-refractivity contribution in [2.75, 3.05) is 0 Å². The number of nitrogens with zero attached hydrogens (tertiary/aromatic N) is 3. The minimum Gasteiger partial charge on any atom is -0.306 e. The van der Waals surface area contributed by atoms with Gasteiger partial charge in [-0.3, -0.25) is 0 Å². The van der Waals surface area contributed by atoms with Crippen molar-refractivity contribution in [2.45, 2.75) is 10.7 Å². The highest BCUT2D eigenvalue weighted by atomic mass is 127. The molecular formula is C10H8F2IN3O. The molecule has 0 spiro atoms. The lowest BCUT2D eigenvalue weighted by Crippen LogP contribution is -2.10. The SMILES string of the molecule is FC(F)(I)OCc1cn(-c2ccccc2)nn1. The van der Waals surface area contributed by atoms with Crippen molar-refractivity contribution in [3.8, 4) is 5.69 Å². The molecular weight excluding hydrogens is 343 g/mol. The van der Waals surface area contributed by atoms with Gasteiger partial charge in [0.1, 0.15) is 5.69 Å². The summed E-state index contributed by atoms with van der Waals surface area (Å²) in [5, 5.41) is 7.57. The van der Waals surface area contributed by atoms with Crippen LogP contribution in [0.2, 0.25) is 0 Å². The zero-order valence-electron chi connectivity index (χ0n) is 8.55. The molecule has 90 valence electrons. The predicted octanol–water partition coefficient (Wildman–Crippen LogP) is 2.77. The Kier molecular flexibility index (Phi) is 3.67. The third kappa shape index (κ3) is 3.70. The van der Waals surface area contributed by atoms with Gasteiger partial charge in [0.15, 0.2) is 0 Å². The molecule has 0 amide bonds. The minimum atomic E-state index is -3.19. The molecule has 17 heavy (non-hydrogen) atoms. The Morgan fingerprint density at radius 2 is 2.00 bits per heavy atom. The molecule has 1 aromatic heterocycles. The highest BCUT2D eigenvalue weighted by Gasteiger charge is 2.24. The molecule has 0 bridgehead atoms. The molecule has 0 aliphatic rings. The minimum absolute atomic E-state index is 0.275. The van der Waals surface area contributed by atoms with Crippen LogP contribution in [0.3, 0.4) is 0 Å². The molecule has 4 nitrogen and oxygen atoms in total. The Morgan fingerprint density at radius 1 is 1.29 bits per heavy atom. The van der Waals surface area contributed by atoms with Crippen molar-refractivity contribution in [3.63, 3.8) is 0 Å². The predicted molar refractivity (Wildman–Crippen MR) is 65.1 cm³/mol. The summed E-state index contributed by atoms with van der Waals surface area (Å²) >= 11 is 0.911. The van der Waals surface area contributed by atoms with Crippen molar-refractivity contribution in [1.82, 2.24) is 15.0 Å². The number of benzene rings is 1. The summed E-state index contributed by atoms with van der Waals surface area (Å²) < 4.78 is 27.5. The van der Waals surface area contributed by atoms with Crippen LogP contribution in [0.4, 0.5) is 8.78 Å². The molecule has 0 radical (unpaired) electrons. The van der Waals surface area contributed by atoms with Crippen molar-refractivity contribution < 1.29 is 13.5 Å². The van der Waals surface area contributed by atoms with E-state index in [1.165, 1.54) is 4.68 Å². The lowest BCUT2D eigenvalue weighted by molar-refractivity contribution is -0.154. The van der Waals surface area contributed by atoms with Crippen LogP contribution in [0.15, 0.2) is 36.5 Å². The first-order valence-corrected chi connectivity index (χ1v) is 5.80. The Hall–Kier alpha value is -1.09. The van der Waals surface area contributed by atoms with E-state index in [-0.39, 0.29) is 6.61 Å². The van der Waals surface area contributed by atoms with E-state index in [2.05, 4.69) is 15.0 Å². The first-order valence-electron chi connectivity index (χ1n) is 4.72. The average Bonchev–Trinajstić information content (AvgIpc) is 2.75. The largest absolute Gasteiger partial charge is 0.408 e. The summed E-state index contributed by atoms with van der Waals surface area (Å²) in [7, 11) is 0. The molecule has 7 heteroatoms. The summed E-state index contributed by atoms with van der Waals surface area (Å²) in [4.78, 5) is 0. The molecule has 0 atom stereocenters. The summed E-state index contributed by atoms with van der Waals surface area (Å²) in [6.07, 6.45) is 1.55. The van der Waals surface area contributed by atoms with Crippen molar-refractivity contribution in [2.24, 2.45) is 0 Å². The maximum absolute atomic E-state index is 12.4. The highest BCUT2D eigenvalue weighted by Crippen LogP contribution is 2.24. The Morgan fingerprint density at radius 3 is 2.65 bits per heavy atom. The Labute approximate surface area is 110 Å². The van der Waals surface area contributed by atoms with Gasteiger partial charge in [0, 0.05) is 22.6 Å². The molecule has 0 saturated carbocycles. The van der Waals surface area contributed by atoms with Crippen molar-refractivity contribution in [1.29, 1.82) is 0 Å². The number of hydrogen-bond acceptors (Lipinski definition) is 3. The van der Waals surface area contributed by atoms with E-state index < -0.39 is 4.12 Å². The van der Waals surface area contributed by atoms with Crippen LogP contribution >= 0.6 is 22.6 Å². The van der Waals surface area contributed by atoms with Gasteiger partial charge in [-0.2, -0.15) is 8.78 Å². The fourth-order valence-corrected chi connectivity index (χ4v) is 1.38. The fourth-order valence-electron chi connectivity index (χ4n) is 1.23. The van der Waals surface area contributed by atoms with E-state index in [9.17, 15) is 8.78 Å². The highest BCUT2D eigenvalue weighted by molar-refractivity contribution is 14.1. The van der Waals surface area contributed by atoms with Gasteiger partial charge in [0.2, 0.25) is 0 Å². The van der Waals surface area contributed by atoms with Gasteiger partial charge < -0.3 is 4.74 Å². The molecule has 0 saturated heterocycles. The lowest BCUT2D eigenvalue weighted by atomic mass is 10.3. The summed E-state index contributed by atoms with van der Waals surface area (Å²) in [5.74, 6) is 0. The van der Waals surface area contributed by atoms with Gasteiger partial charge >= 0.3 is 4.12 Å². The van der Waals surface area contributed by atoms with Gasteiger partial charge in [-0.1, -0.05) is 23.4 Å². The third-order valence-corrected chi connectivity index (χ3v) is 2.26. The lowest BCUT2D eigenvalue weighted by Gasteiger charge is -2.06. The molecule has 2 aromatic rings. The van der Waals surface area contributed by atoms with Gasteiger partial charge in [-0.25, -0.2) is 4.68 Å². The molecule has 0 unspecified atom stereocenters. The number of para-hydroxylation sites is 1. The van der Waals surface area contributed by atoms with Gasteiger partial charge in [-0.15, -0.1) is 5.10 Å². The smallest absolute Gasteiger partial charge is 0.306 e. The second kappa shape index (κ2) is 5.05. The quantitative estimate of drug-likeness (QED) is 0.628. The molecule has 0 aliphatic carbocycles. The Balaban J connectivity index is 2.07. The normalized spacial score (nSPS) is 11.7. The number of ether oxygens (including phenoxy) is 1. The molecule has 2 rings (SSSR count). The van der Waals surface area contributed by atoms with Gasteiger partial charge in [-0.05, 0) is 12.1 Å². The van der Waals surface area contributed by atoms with Crippen LogP contribution in [0, 0.1) is 0 Å². The van der Waals surface area contributed by atoms with E-state index in [4.69, 9.17) is 0 Å². The number of hydrogen-bond donors (Lipinski definition) is 0. The van der Waals surface area contributed by atoms with E-state index in [0.29, 0.717) is 5.69 Å². The number of aromatic nitrogens is 3. The maximum atomic E-state index is 12.4. The van der Waals surface area contributed by atoms with E-state index in [1.807, 2.05) is 30.3 Å². The summed E-state index contributed by atoms with van der Waals surface area (Å²) in [6.45, 7) is -0.275. The van der Waals surface area contributed by atoms with Crippen LogP contribution in [-0.2, 0) is 11.3 Å². The van der Waals surface area contributed by atoms with Gasteiger partial charge in [0.25, 0.3) is 0 Å². The van der Waals surface area contributed by atoms with Crippen molar-refractivity contribution >= 4 is 22.6 Å². The number of alkyl halides is 3. The van der Waals surface area contributed by atoms with Gasteiger partial charge in [0.05, 0.1) is 18.5 Å². The number of halogens is 3.